The van der Waals surface area contributed by atoms with Crippen LogP contribution in [-0.4, -0.2) is 54.3 Å². The number of hydrogen-bond acceptors (Lipinski definition) is 7. The predicted molar refractivity (Wildman–Crippen MR) is 107 cm³/mol. The number of aliphatic hydroxyl groups is 1. The maximum Gasteiger partial charge on any atom is 0.407 e. The summed E-state index contributed by atoms with van der Waals surface area (Å²) < 4.78 is 9.69. The van der Waals surface area contributed by atoms with Gasteiger partial charge in [-0.05, 0) is 18.9 Å². The normalized spacial score (nSPS) is 12.6. The van der Waals surface area contributed by atoms with Gasteiger partial charge in [0, 0.05) is 12.6 Å². The van der Waals surface area contributed by atoms with E-state index < -0.39 is 36.0 Å². The van der Waals surface area contributed by atoms with Crippen molar-refractivity contribution in [1.29, 1.82) is 0 Å². The number of hydrogen-bond donors (Lipinski definition) is 4. The average molecular weight is 421 g/mol. The Morgan fingerprint density at radius 3 is 2.50 bits per heavy atom. The van der Waals surface area contributed by atoms with Gasteiger partial charge in [-0.25, -0.2) is 9.59 Å². The maximum absolute atomic E-state index is 12.0. The number of aliphatic hydroxyl groups excluding tert-OH is 1. The molecule has 0 fully saturated rings. The Bertz CT molecular complexity index is 737. The Morgan fingerprint density at radius 1 is 1.17 bits per heavy atom. The summed E-state index contributed by atoms with van der Waals surface area (Å²) in [6, 6.07) is 7.99. The second kappa shape index (κ2) is 13.7. The van der Waals surface area contributed by atoms with Gasteiger partial charge in [-0.15, -0.1) is 0 Å². The van der Waals surface area contributed by atoms with Crippen LogP contribution in [0, 0.1) is 0 Å². The topological polar surface area (TPSA) is 157 Å². The van der Waals surface area contributed by atoms with Gasteiger partial charge in [-0.1, -0.05) is 36.4 Å². The Morgan fingerprint density at radius 2 is 1.87 bits per heavy atom. The lowest BCUT2D eigenvalue weighted by atomic mass is 10.1. The number of esters is 1. The molecule has 30 heavy (non-hydrogen) atoms. The number of rotatable bonds is 12. The van der Waals surface area contributed by atoms with Gasteiger partial charge < -0.3 is 30.9 Å². The van der Waals surface area contributed by atoms with E-state index in [1.807, 2.05) is 18.2 Å². The van der Waals surface area contributed by atoms with E-state index in [1.165, 1.54) is 6.08 Å². The van der Waals surface area contributed by atoms with Crippen molar-refractivity contribution in [3.05, 3.63) is 48.0 Å². The van der Waals surface area contributed by atoms with Crippen LogP contribution in [-0.2, 0) is 30.5 Å². The first-order valence-electron chi connectivity index (χ1n) is 9.36. The van der Waals surface area contributed by atoms with E-state index in [-0.39, 0.29) is 32.6 Å². The van der Waals surface area contributed by atoms with E-state index in [1.54, 1.807) is 19.1 Å². The SMILES string of the molecule is CCOC(=O)/C=C/C[C@@H](NC(=O)C[C@@H](O)CNC(=O)OCc1ccccc1)C(N)=O. The number of alkyl carbamates (subject to hydrolysis) is 1. The molecule has 164 valence electrons. The lowest BCUT2D eigenvalue weighted by molar-refractivity contribution is -0.137. The van der Waals surface area contributed by atoms with Crippen molar-refractivity contribution >= 4 is 23.9 Å². The summed E-state index contributed by atoms with van der Waals surface area (Å²) in [5.41, 5.74) is 6.04. The molecule has 0 aromatic heterocycles. The van der Waals surface area contributed by atoms with Crippen molar-refractivity contribution in [2.45, 2.75) is 38.5 Å². The zero-order valence-corrected chi connectivity index (χ0v) is 16.7. The molecule has 0 aliphatic heterocycles. The second-order valence-corrected chi connectivity index (χ2v) is 6.21. The fraction of sp³-hybridized carbons (Fsp3) is 0.400. The molecular formula is C20H27N3O7. The molecule has 5 N–H and O–H groups in total. The minimum atomic E-state index is -1.20. The third kappa shape index (κ3) is 10.8. The smallest absolute Gasteiger partial charge is 0.407 e. The number of nitrogens with one attached hydrogen (secondary N) is 2. The first-order valence-corrected chi connectivity index (χ1v) is 9.36. The Hall–Kier alpha value is -3.40. The van der Waals surface area contributed by atoms with Crippen LogP contribution in [0.4, 0.5) is 4.79 Å². The summed E-state index contributed by atoms with van der Waals surface area (Å²) in [5, 5.41) is 14.6. The zero-order valence-electron chi connectivity index (χ0n) is 16.7. The highest BCUT2D eigenvalue weighted by atomic mass is 16.5. The quantitative estimate of drug-likeness (QED) is 0.276. The number of primary amides is 1. The minimum Gasteiger partial charge on any atom is -0.463 e. The Labute approximate surface area is 174 Å². The maximum atomic E-state index is 12.0. The summed E-state index contributed by atoms with van der Waals surface area (Å²) in [6.45, 7) is 1.72. The standard InChI is InChI=1S/C20H27N3O7/c1-2-29-18(26)10-6-9-16(19(21)27)23-17(25)11-15(24)12-22-20(28)30-13-14-7-4-3-5-8-14/h3-8,10,15-16,24H,2,9,11-13H2,1H3,(H2,21,27)(H,22,28)(H,23,25)/b10-6+/t15-,16-/m1/s1. The van der Waals surface area contributed by atoms with Crippen molar-refractivity contribution in [1.82, 2.24) is 10.6 Å². The second-order valence-electron chi connectivity index (χ2n) is 6.21. The van der Waals surface area contributed by atoms with Crippen LogP contribution in [0.3, 0.4) is 0 Å². The largest absolute Gasteiger partial charge is 0.463 e. The van der Waals surface area contributed by atoms with Gasteiger partial charge in [0.05, 0.1) is 19.1 Å². The van der Waals surface area contributed by atoms with Crippen LogP contribution in [0.5, 0.6) is 0 Å². The van der Waals surface area contributed by atoms with Gasteiger partial charge in [0.1, 0.15) is 12.6 Å². The molecule has 0 aliphatic carbocycles. The van der Waals surface area contributed by atoms with Gasteiger partial charge in [-0.3, -0.25) is 9.59 Å². The van der Waals surface area contributed by atoms with Crippen molar-refractivity contribution in [2.75, 3.05) is 13.2 Å². The molecule has 0 bridgehead atoms. The van der Waals surface area contributed by atoms with Crippen molar-refractivity contribution in [3.8, 4) is 0 Å². The first kappa shape index (κ1) is 24.6. The highest BCUT2D eigenvalue weighted by Crippen LogP contribution is 2.01. The number of ether oxygens (including phenoxy) is 2. The van der Waals surface area contributed by atoms with Gasteiger partial charge >= 0.3 is 12.1 Å². The summed E-state index contributed by atoms with van der Waals surface area (Å²) in [4.78, 5) is 46.3. The number of benzene rings is 1. The van der Waals surface area contributed by atoms with Gasteiger partial charge in [0.2, 0.25) is 11.8 Å². The van der Waals surface area contributed by atoms with Crippen LogP contribution in [0.15, 0.2) is 42.5 Å². The minimum absolute atomic E-state index is 0.0138. The lowest BCUT2D eigenvalue weighted by Gasteiger charge is -2.16. The van der Waals surface area contributed by atoms with Crippen LogP contribution in [0.2, 0.25) is 0 Å². The highest BCUT2D eigenvalue weighted by molar-refractivity contribution is 5.87. The fourth-order valence-corrected chi connectivity index (χ4v) is 2.25. The lowest BCUT2D eigenvalue weighted by Crippen LogP contribution is -2.45. The number of nitrogens with two attached hydrogens (primary N) is 1. The molecule has 0 radical (unpaired) electrons. The highest BCUT2D eigenvalue weighted by Gasteiger charge is 2.19. The van der Waals surface area contributed by atoms with Crippen LogP contribution < -0.4 is 16.4 Å². The molecule has 0 heterocycles. The van der Waals surface area contributed by atoms with Gasteiger partial charge in [0.25, 0.3) is 0 Å². The summed E-state index contributed by atoms with van der Waals surface area (Å²) in [5.74, 6) is -2.02. The van der Waals surface area contributed by atoms with Gasteiger partial charge in [0.15, 0.2) is 0 Å². The number of carbonyl (C=O) groups is 4. The summed E-state index contributed by atoms with van der Waals surface area (Å²) >= 11 is 0. The molecule has 2 atom stereocenters. The number of carbonyl (C=O) groups excluding carboxylic acids is 4. The van der Waals surface area contributed by atoms with Crippen molar-refractivity contribution < 1.29 is 33.8 Å². The van der Waals surface area contributed by atoms with E-state index >= 15 is 0 Å². The molecule has 0 spiro atoms. The molecule has 10 nitrogen and oxygen atoms in total. The molecule has 0 unspecified atom stereocenters. The van der Waals surface area contributed by atoms with E-state index in [4.69, 9.17) is 15.2 Å². The van der Waals surface area contributed by atoms with Gasteiger partial charge in [-0.2, -0.15) is 0 Å². The molecule has 0 aliphatic rings. The van der Waals surface area contributed by atoms with E-state index in [9.17, 15) is 24.3 Å². The molecule has 3 amide bonds. The van der Waals surface area contributed by atoms with Crippen LogP contribution in [0.25, 0.3) is 0 Å². The molecule has 1 rings (SSSR count). The third-order valence-corrected chi connectivity index (χ3v) is 3.71. The van der Waals surface area contributed by atoms with E-state index in [0.717, 1.165) is 11.6 Å². The number of amides is 3. The molecule has 1 aromatic rings. The van der Waals surface area contributed by atoms with Crippen molar-refractivity contribution in [3.63, 3.8) is 0 Å². The Kier molecular flexibility index (Phi) is 11.3. The molecule has 0 saturated heterocycles. The first-order chi connectivity index (χ1) is 14.3. The zero-order chi connectivity index (χ0) is 22.4. The summed E-state index contributed by atoms with van der Waals surface area (Å²) in [7, 11) is 0. The monoisotopic (exact) mass is 421 g/mol. The van der Waals surface area contributed by atoms with E-state index in [2.05, 4.69) is 10.6 Å². The molecule has 10 heteroatoms. The van der Waals surface area contributed by atoms with Crippen molar-refractivity contribution in [2.24, 2.45) is 5.73 Å². The molecular weight excluding hydrogens is 394 g/mol. The molecule has 1 aromatic carbocycles. The van der Waals surface area contributed by atoms with E-state index in [0.29, 0.717) is 0 Å². The predicted octanol–water partition coefficient (Wildman–Crippen LogP) is 0.143. The average Bonchev–Trinajstić information content (AvgIpc) is 2.70. The van der Waals surface area contributed by atoms with Crippen LogP contribution >= 0.6 is 0 Å². The Balaban J connectivity index is 2.34. The fourth-order valence-electron chi connectivity index (χ4n) is 2.25. The third-order valence-electron chi connectivity index (χ3n) is 3.71. The summed E-state index contributed by atoms with van der Waals surface area (Å²) in [6.07, 6.45) is 0.167. The molecule has 0 saturated carbocycles. The van der Waals surface area contributed by atoms with Crippen LogP contribution in [0.1, 0.15) is 25.3 Å².